The van der Waals surface area contributed by atoms with E-state index in [0.29, 0.717) is 15.5 Å². The molecule has 1 heterocycles. The van der Waals surface area contributed by atoms with Gasteiger partial charge in [-0.15, -0.1) is 0 Å². The lowest BCUT2D eigenvalue weighted by Crippen LogP contribution is -2.46. The third-order valence-corrected chi connectivity index (χ3v) is 6.15. The van der Waals surface area contributed by atoms with Crippen molar-refractivity contribution in [2.75, 3.05) is 25.7 Å². The summed E-state index contributed by atoms with van der Waals surface area (Å²) in [7, 11) is -0.617. The van der Waals surface area contributed by atoms with E-state index in [9.17, 15) is 13.2 Å². The number of rotatable bonds is 6. The van der Waals surface area contributed by atoms with Gasteiger partial charge in [0.2, 0.25) is 0 Å². The molecule has 0 radical (unpaired) electrons. The van der Waals surface area contributed by atoms with E-state index in [1.54, 1.807) is 50.8 Å². The molecule has 0 spiro atoms. The highest BCUT2D eigenvalue weighted by Crippen LogP contribution is 2.06. The fourth-order valence-electron chi connectivity index (χ4n) is 2.35. The van der Waals surface area contributed by atoms with Crippen LogP contribution in [-0.4, -0.2) is 64.9 Å². The van der Waals surface area contributed by atoms with Crippen molar-refractivity contribution in [1.82, 2.24) is 20.3 Å². The lowest BCUT2D eigenvalue weighted by atomic mass is 10.2. The molecular weight excluding hydrogens is 416 g/mol. The summed E-state index contributed by atoms with van der Waals surface area (Å²) in [6.45, 7) is 0. The summed E-state index contributed by atoms with van der Waals surface area (Å²) in [4.78, 5) is 18.2. The Labute approximate surface area is 175 Å². The minimum absolute atomic E-state index is 0.333. The normalized spacial score (nSPS) is 10.8. The first-order valence-corrected chi connectivity index (χ1v) is 10.8. The van der Waals surface area contributed by atoms with Gasteiger partial charge in [-0.1, -0.05) is 54.8 Å². The van der Waals surface area contributed by atoms with Crippen molar-refractivity contribution < 1.29 is 13.2 Å². The van der Waals surface area contributed by atoms with Crippen LogP contribution in [0, 0.1) is 0 Å². The fraction of sp³-hybridized carbons (Fsp3) is 0.222. The molecule has 0 atom stereocenters. The number of carbonyl (C=O) groups excluding carboxylic acids is 1. The molecule has 1 amide bonds. The van der Waals surface area contributed by atoms with Crippen LogP contribution in [0.25, 0.3) is 0 Å². The van der Waals surface area contributed by atoms with Gasteiger partial charge in [0, 0.05) is 37.6 Å². The number of sulfone groups is 1. The summed E-state index contributed by atoms with van der Waals surface area (Å²) in [5.41, 5.74) is 3.85. The molecule has 0 saturated carbocycles. The summed E-state index contributed by atoms with van der Waals surface area (Å²) < 4.78 is 24.8. The van der Waals surface area contributed by atoms with Crippen LogP contribution in [0.2, 0.25) is 0 Å². The number of thiocarbonyl (C=S) groups is 2. The number of aromatic nitrogens is 1. The molecule has 10 heteroatoms. The number of hydrogen-bond donors (Lipinski definition) is 1. The molecule has 0 bridgehead atoms. The number of nitrogens with one attached hydrogen (secondary N) is 1. The average Bonchev–Trinajstić information content (AvgIpc) is 2.67. The number of benzene rings is 1. The molecule has 0 fully saturated rings. The minimum atomic E-state index is -3.73. The zero-order valence-corrected chi connectivity index (χ0v) is 17.9. The van der Waals surface area contributed by atoms with Crippen LogP contribution >= 0.6 is 24.4 Å². The topological polar surface area (TPSA) is 82.6 Å². The molecule has 7 nitrogen and oxygen atoms in total. The highest BCUT2D eigenvalue weighted by Gasteiger charge is 2.22. The maximum absolute atomic E-state index is 12.4. The Bertz CT molecular complexity index is 951. The highest BCUT2D eigenvalue weighted by atomic mass is 32.2. The van der Waals surface area contributed by atoms with Gasteiger partial charge >= 0.3 is 0 Å². The van der Waals surface area contributed by atoms with Crippen LogP contribution in [0.3, 0.4) is 0 Å². The van der Waals surface area contributed by atoms with Gasteiger partial charge in [0.1, 0.15) is 21.6 Å². The maximum atomic E-state index is 12.4. The molecule has 2 rings (SSSR count). The summed E-state index contributed by atoms with van der Waals surface area (Å²) >= 11 is 10.6. The third kappa shape index (κ3) is 6.32. The Morgan fingerprint density at radius 2 is 1.68 bits per heavy atom. The van der Waals surface area contributed by atoms with Crippen LogP contribution in [-0.2, 0) is 14.6 Å². The SMILES string of the molecule is CN(CS(=O)(=O)CC(=O)NN(C)C(=S)c1ccccc1)C(=S)c1cccnc1. The van der Waals surface area contributed by atoms with E-state index >= 15 is 0 Å². The predicted octanol–water partition coefficient (Wildman–Crippen LogP) is 1.40. The van der Waals surface area contributed by atoms with E-state index in [4.69, 9.17) is 24.4 Å². The standard InChI is InChI=1S/C18H20N4O3S3/c1-21(17(26)15-9-6-10-19-11-15)13-28(24,25)12-16(23)20-22(2)18(27)14-7-4-3-5-8-14/h3-11H,12-13H2,1-2H3,(H,20,23). The monoisotopic (exact) mass is 436 g/mol. The summed E-state index contributed by atoms with van der Waals surface area (Å²) in [6, 6.07) is 12.6. The lowest BCUT2D eigenvalue weighted by Gasteiger charge is -2.22. The third-order valence-electron chi connectivity index (χ3n) is 3.61. The maximum Gasteiger partial charge on any atom is 0.253 e. The van der Waals surface area contributed by atoms with E-state index in [1.807, 2.05) is 18.2 Å². The van der Waals surface area contributed by atoms with Crippen molar-refractivity contribution in [3.8, 4) is 0 Å². The summed E-state index contributed by atoms with van der Waals surface area (Å²) in [5, 5.41) is 1.33. The van der Waals surface area contributed by atoms with Crippen molar-refractivity contribution >= 4 is 50.2 Å². The smallest absolute Gasteiger partial charge is 0.253 e. The van der Waals surface area contributed by atoms with Gasteiger partial charge in [0.05, 0.1) is 0 Å². The largest absolute Gasteiger partial charge is 0.351 e. The number of nitrogens with zero attached hydrogens (tertiary/aromatic N) is 3. The second-order valence-electron chi connectivity index (χ2n) is 6.03. The molecule has 0 aliphatic carbocycles. The molecular formula is C18H20N4O3S3. The second-order valence-corrected chi connectivity index (χ2v) is 8.83. The first-order valence-electron chi connectivity index (χ1n) is 8.18. The molecule has 0 unspecified atom stereocenters. The van der Waals surface area contributed by atoms with Crippen molar-refractivity contribution in [3.05, 3.63) is 66.0 Å². The first-order chi connectivity index (χ1) is 13.2. The van der Waals surface area contributed by atoms with Crippen LogP contribution in [0.1, 0.15) is 11.1 Å². The van der Waals surface area contributed by atoms with Gasteiger partial charge in [-0.2, -0.15) is 0 Å². The molecule has 2 aromatic rings. The highest BCUT2D eigenvalue weighted by molar-refractivity contribution is 7.92. The second kappa shape index (κ2) is 9.67. The molecule has 0 aliphatic rings. The summed E-state index contributed by atoms with van der Waals surface area (Å²) in [6.07, 6.45) is 3.15. The van der Waals surface area contributed by atoms with Gasteiger partial charge in [-0.3, -0.25) is 20.2 Å². The van der Waals surface area contributed by atoms with Crippen LogP contribution in [0.5, 0.6) is 0 Å². The Morgan fingerprint density at radius 3 is 2.29 bits per heavy atom. The molecule has 0 aliphatic heterocycles. The zero-order chi connectivity index (χ0) is 20.7. The van der Waals surface area contributed by atoms with E-state index < -0.39 is 21.5 Å². The van der Waals surface area contributed by atoms with Crippen molar-refractivity contribution in [2.45, 2.75) is 0 Å². The van der Waals surface area contributed by atoms with Gasteiger partial charge in [-0.25, -0.2) is 8.42 Å². The summed E-state index contributed by atoms with van der Waals surface area (Å²) in [5.74, 6) is -1.75. The van der Waals surface area contributed by atoms with Crippen LogP contribution in [0.15, 0.2) is 54.9 Å². The first kappa shape index (κ1) is 21.9. The van der Waals surface area contributed by atoms with E-state index in [1.165, 1.54) is 9.91 Å². The predicted molar refractivity (Wildman–Crippen MR) is 116 cm³/mol. The van der Waals surface area contributed by atoms with Gasteiger partial charge in [0.15, 0.2) is 9.84 Å². The number of hydrazine groups is 1. The average molecular weight is 437 g/mol. The van der Waals surface area contributed by atoms with Crippen molar-refractivity contribution in [2.24, 2.45) is 0 Å². The Kier molecular flexibility index (Phi) is 7.55. The Morgan fingerprint density at radius 1 is 1.04 bits per heavy atom. The van der Waals surface area contributed by atoms with E-state index in [2.05, 4.69) is 10.4 Å². The Hall–Kier alpha value is -2.43. The van der Waals surface area contributed by atoms with Crippen LogP contribution in [0.4, 0.5) is 0 Å². The van der Waals surface area contributed by atoms with Crippen molar-refractivity contribution in [3.63, 3.8) is 0 Å². The molecule has 28 heavy (non-hydrogen) atoms. The molecule has 1 aromatic carbocycles. The van der Waals surface area contributed by atoms with E-state index in [0.717, 1.165) is 5.56 Å². The fourth-order valence-corrected chi connectivity index (χ4v) is 4.08. The number of amides is 1. The minimum Gasteiger partial charge on any atom is -0.351 e. The number of pyridine rings is 1. The molecule has 1 aromatic heterocycles. The lowest BCUT2D eigenvalue weighted by molar-refractivity contribution is -0.121. The molecule has 0 saturated heterocycles. The van der Waals surface area contributed by atoms with Gasteiger partial charge in [-0.05, 0) is 12.1 Å². The van der Waals surface area contributed by atoms with Crippen LogP contribution < -0.4 is 5.43 Å². The van der Waals surface area contributed by atoms with E-state index in [-0.39, 0.29) is 5.88 Å². The molecule has 148 valence electrons. The van der Waals surface area contributed by atoms with Crippen molar-refractivity contribution in [1.29, 1.82) is 0 Å². The van der Waals surface area contributed by atoms with Gasteiger partial charge in [0.25, 0.3) is 5.91 Å². The number of carbonyl (C=O) groups is 1. The zero-order valence-electron chi connectivity index (χ0n) is 15.4. The van der Waals surface area contributed by atoms with Gasteiger partial charge < -0.3 is 4.90 Å². The Balaban J connectivity index is 1.93. The number of hydrogen-bond acceptors (Lipinski definition) is 6. The molecule has 1 N–H and O–H groups in total. The quantitative estimate of drug-likeness (QED) is 0.538.